The van der Waals surface area contributed by atoms with Gasteiger partial charge < -0.3 is 24.9 Å². The Hall–Kier alpha value is -3.23. The Kier molecular flexibility index (Phi) is 10.6. The number of benzene rings is 2. The number of aliphatic hydroxyl groups is 1. The molecule has 2 heterocycles. The van der Waals surface area contributed by atoms with E-state index >= 15 is 0 Å². The molecule has 0 radical (unpaired) electrons. The number of halogens is 2. The lowest BCUT2D eigenvalue weighted by Gasteiger charge is -2.35. The summed E-state index contributed by atoms with van der Waals surface area (Å²) < 4.78 is 11.4. The van der Waals surface area contributed by atoms with Crippen molar-refractivity contribution in [2.24, 2.45) is 5.92 Å². The quantitative estimate of drug-likeness (QED) is 0.162. The Labute approximate surface area is 251 Å². The first kappa shape index (κ1) is 30.7. The van der Waals surface area contributed by atoms with Crippen LogP contribution in [0.5, 0.6) is 5.75 Å². The fourth-order valence-corrected chi connectivity index (χ4v) is 5.05. The number of carbonyl (C=O) groups is 1. The SMILES string of the molecule is C=C(/C=C\C(Cl)=C/C)OC(=O)N1CCc2c([nH]c3ccc(Cl)cc23)C1c1ccc(OCC(O)CNCC(C)C)cc1. The van der Waals surface area contributed by atoms with Gasteiger partial charge in [-0.25, -0.2) is 4.79 Å². The predicted molar refractivity (Wildman–Crippen MR) is 166 cm³/mol. The van der Waals surface area contributed by atoms with Crippen molar-refractivity contribution < 1.29 is 19.4 Å². The Bertz CT molecular complexity index is 1430. The molecule has 1 aliphatic rings. The maximum absolute atomic E-state index is 13.4. The summed E-state index contributed by atoms with van der Waals surface area (Å²) in [5.41, 5.74) is 3.86. The van der Waals surface area contributed by atoms with Crippen LogP contribution in [0.25, 0.3) is 10.9 Å². The van der Waals surface area contributed by atoms with E-state index in [4.69, 9.17) is 32.7 Å². The largest absolute Gasteiger partial charge is 0.491 e. The van der Waals surface area contributed by atoms with Gasteiger partial charge in [0.25, 0.3) is 0 Å². The highest BCUT2D eigenvalue weighted by molar-refractivity contribution is 6.31. The van der Waals surface area contributed by atoms with Crippen LogP contribution in [-0.4, -0.2) is 53.4 Å². The monoisotopic (exact) mass is 597 g/mol. The van der Waals surface area contributed by atoms with Crippen LogP contribution in [-0.2, 0) is 11.2 Å². The number of nitrogens with zero attached hydrogens (tertiary/aromatic N) is 1. The number of ether oxygens (including phenoxy) is 2. The van der Waals surface area contributed by atoms with Gasteiger partial charge in [-0.05, 0) is 79.4 Å². The highest BCUT2D eigenvalue weighted by Crippen LogP contribution is 2.40. The van der Waals surface area contributed by atoms with E-state index in [-0.39, 0.29) is 12.4 Å². The summed E-state index contributed by atoms with van der Waals surface area (Å²) in [6, 6.07) is 12.9. The first-order chi connectivity index (χ1) is 19.7. The summed E-state index contributed by atoms with van der Waals surface area (Å²) >= 11 is 12.3. The number of rotatable bonds is 11. The van der Waals surface area contributed by atoms with E-state index in [0.29, 0.717) is 41.2 Å². The highest BCUT2D eigenvalue weighted by Gasteiger charge is 2.35. The second-order valence-corrected chi connectivity index (χ2v) is 11.4. The molecule has 2 aromatic carbocycles. The third-order valence-corrected chi connectivity index (χ3v) is 7.40. The lowest BCUT2D eigenvalue weighted by atomic mass is 9.92. The lowest BCUT2D eigenvalue weighted by Crippen LogP contribution is -2.40. The van der Waals surface area contributed by atoms with Crippen molar-refractivity contribution in [2.45, 2.75) is 39.3 Å². The van der Waals surface area contributed by atoms with Gasteiger partial charge >= 0.3 is 6.09 Å². The van der Waals surface area contributed by atoms with Gasteiger partial charge in [0.1, 0.15) is 30.3 Å². The van der Waals surface area contributed by atoms with Crippen molar-refractivity contribution in [1.29, 1.82) is 0 Å². The molecule has 218 valence electrons. The van der Waals surface area contributed by atoms with Crippen molar-refractivity contribution in [1.82, 2.24) is 15.2 Å². The maximum Gasteiger partial charge on any atom is 0.416 e. The minimum Gasteiger partial charge on any atom is -0.491 e. The number of hydrogen-bond donors (Lipinski definition) is 3. The van der Waals surface area contributed by atoms with Crippen molar-refractivity contribution in [2.75, 3.05) is 26.2 Å². The molecule has 2 unspecified atom stereocenters. The van der Waals surface area contributed by atoms with Gasteiger partial charge in [0, 0.05) is 39.7 Å². The van der Waals surface area contributed by atoms with Crippen molar-refractivity contribution in [3.05, 3.63) is 99.9 Å². The van der Waals surface area contributed by atoms with Gasteiger partial charge in [0.15, 0.2) is 0 Å². The minimum absolute atomic E-state index is 0.173. The Morgan fingerprint density at radius 3 is 2.68 bits per heavy atom. The summed E-state index contributed by atoms with van der Waals surface area (Å²) in [7, 11) is 0. The van der Waals surface area contributed by atoms with Crippen LogP contribution in [0.2, 0.25) is 5.02 Å². The first-order valence-corrected chi connectivity index (χ1v) is 14.5. The second kappa shape index (κ2) is 14.1. The standard InChI is InChI=1S/C32H37Cl2N3O4/c1-5-23(33)9-6-21(4)41-32(39)37-15-14-27-28-16-24(34)10-13-29(28)36-30(27)31(37)22-7-11-26(12-8-22)40-19-25(38)18-35-17-20(2)3/h5-13,16,20,25,31,35-36,38H,4,14-15,17-19H2,1-3H3/b9-6-,23-5+. The third-order valence-electron chi connectivity index (χ3n) is 6.82. The van der Waals surface area contributed by atoms with Gasteiger partial charge in [-0.2, -0.15) is 0 Å². The van der Waals surface area contributed by atoms with Crippen LogP contribution in [0, 0.1) is 5.92 Å². The topological polar surface area (TPSA) is 86.8 Å². The summed E-state index contributed by atoms with van der Waals surface area (Å²) in [6.07, 6.45) is 4.42. The molecule has 0 saturated heterocycles. The fourth-order valence-electron chi connectivity index (χ4n) is 4.81. The zero-order chi connectivity index (χ0) is 29.5. The molecule has 9 heteroatoms. The normalized spacial score (nSPS) is 16.3. The molecule has 3 N–H and O–H groups in total. The molecule has 0 fully saturated rings. The number of aliphatic hydroxyl groups excluding tert-OH is 1. The molecule has 1 aliphatic heterocycles. The molecule has 3 aromatic rings. The number of hydrogen-bond acceptors (Lipinski definition) is 5. The zero-order valence-corrected chi connectivity index (χ0v) is 25.1. The number of carbonyl (C=O) groups excluding carboxylic acids is 1. The number of aromatic nitrogens is 1. The van der Waals surface area contributed by atoms with Crippen LogP contribution in [0.15, 0.2) is 78.1 Å². The lowest BCUT2D eigenvalue weighted by molar-refractivity contribution is 0.105. The first-order valence-electron chi connectivity index (χ1n) is 13.7. The van der Waals surface area contributed by atoms with Crippen molar-refractivity contribution >= 4 is 40.2 Å². The molecule has 1 amide bonds. The van der Waals surface area contributed by atoms with Gasteiger partial charge in [0.2, 0.25) is 0 Å². The van der Waals surface area contributed by atoms with E-state index in [1.54, 1.807) is 23.1 Å². The Morgan fingerprint density at radius 2 is 1.98 bits per heavy atom. The molecule has 0 spiro atoms. The predicted octanol–water partition coefficient (Wildman–Crippen LogP) is 7.10. The Morgan fingerprint density at radius 1 is 1.22 bits per heavy atom. The minimum atomic E-state index is -0.623. The number of aromatic amines is 1. The summed E-state index contributed by atoms with van der Waals surface area (Å²) in [5, 5.41) is 15.7. The van der Waals surface area contributed by atoms with E-state index in [9.17, 15) is 9.90 Å². The molecule has 0 aliphatic carbocycles. The molecular formula is C32H37Cl2N3O4. The van der Waals surface area contributed by atoms with Crippen molar-refractivity contribution in [3.63, 3.8) is 0 Å². The number of H-pyrrole nitrogens is 1. The fraction of sp³-hybridized carbons (Fsp3) is 0.344. The van der Waals surface area contributed by atoms with E-state index in [1.807, 2.05) is 49.4 Å². The van der Waals surface area contributed by atoms with Crippen LogP contribution in [0.4, 0.5) is 4.79 Å². The number of fused-ring (bicyclic) bond motifs is 3. The van der Waals surface area contributed by atoms with Gasteiger partial charge in [-0.1, -0.05) is 61.8 Å². The number of nitrogens with one attached hydrogen (secondary N) is 2. The van der Waals surface area contributed by atoms with Gasteiger partial charge in [-0.3, -0.25) is 4.90 Å². The Balaban J connectivity index is 1.56. The second-order valence-electron chi connectivity index (χ2n) is 10.5. The molecule has 0 bridgehead atoms. The average Bonchev–Trinajstić information content (AvgIpc) is 3.32. The number of amides is 1. The molecular weight excluding hydrogens is 561 g/mol. The third kappa shape index (κ3) is 7.95. The molecule has 41 heavy (non-hydrogen) atoms. The molecule has 0 saturated carbocycles. The van der Waals surface area contributed by atoms with Crippen LogP contribution >= 0.6 is 23.2 Å². The van der Waals surface area contributed by atoms with Gasteiger partial charge in [0.05, 0.1) is 0 Å². The van der Waals surface area contributed by atoms with E-state index < -0.39 is 18.2 Å². The summed E-state index contributed by atoms with van der Waals surface area (Å²) in [5.74, 6) is 1.33. The highest BCUT2D eigenvalue weighted by atomic mass is 35.5. The van der Waals surface area contributed by atoms with Crippen LogP contribution in [0.1, 0.15) is 43.6 Å². The van der Waals surface area contributed by atoms with E-state index in [0.717, 1.165) is 34.3 Å². The van der Waals surface area contributed by atoms with Gasteiger partial charge in [-0.15, -0.1) is 0 Å². The molecule has 2 atom stereocenters. The molecule has 1 aromatic heterocycles. The van der Waals surface area contributed by atoms with E-state index in [1.165, 1.54) is 0 Å². The number of allylic oxidation sites excluding steroid dienone is 4. The van der Waals surface area contributed by atoms with Crippen LogP contribution in [0.3, 0.4) is 0 Å². The summed E-state index contributed by atoms with van der Waals surface area (Å²) in [6.45, 7) is 11.8. The van der Waals surface area contributed by atoms with Crippen molar-refractivity contribution in [3.8, 4) is 5.75 Å². The maximum atomic E-state index is 13.4. The van der Waals surface area contributed by atoms with E-state index in [2.05, 4.69) is 30.7 Å². The molecule has 4 rings (SSSR count). The van der Waals surface area contributed by atoms with Crippen LogP contribution < -0.4 is 10.1 Å². The smallest absolute Gasteiger partial charge is 0.416 e. The zero-order valence-electron chi connectivity index (χ0n) is 23.6. The molecule has 7 nitrogen and oxygen atoms in total. The average molecular weight is 599 g/mol. The summed E-state index contributed by atoms with van der Waals surface area (Å²) in [4.78, 5) is 18.6.